The molecule has 85 heavy (non-hydrogen) atoms. The van der Waals surface area contributed by atoms with Gasteiger partial charge in [0.1, 0.15) is 41.6 Å². The van der Waals surface area contributed by atoms with Crippen molar-refractivity contribution < 1.29 is 73.1 Å². The number of aromatic hydroxyl groups is 1. The number of carbonyl (C=O) groups is 10. The Kier molecular flexibility index (Phi) is 26.5. The number of aliphatic hydroxyl groups excluding tert-OH is 2. The van der Waals surface area contributed by atoms with Gasteiger partial charge < -0.3 is 73.0 Å². The smallest absolute Gasteiger partial charge is 0.407 e. The lowest BCUT2D eigenvalue weighted by molar-refractivity contribution is -0.145. The molecule has 13 N–H and O–H groups in total. The maximum atomic E-state index is 15.1. The number of benzene rings is 3. The third-order valence-electron chi connectivity index (χ3n) is 13.7. The van der Waals surface area contributed by atoms with Crippen molar-refractivity contribution in [3.05, 3.63) is 107 Å². The molecule has 1 aliphatic carbocycles. The minimum absolute atomic E-state index is 0.0107. The monoisotopic (exact) mass is 1220 g/mol. The molecule has 0 unspecified atom stereocenters. The number of nitrogens with one attached hydrogen (secondary N) is 9. The summed E-state index contributed by atoms with van der Waals surface area (Å²) in [5.74, 6) is -9.90. The zero-order valence-electron chi connectivity index (χ0n) is 48.4. The van der Waals surface area contributed by atoms with Crippen molar-refractivity contribution >= 4 is 86.5 Å². The Labute approximate surface area is 501 Å². The SMILES string of the molecule is CCNC(=O)N[C@H](Cc1ccccc1)C(=O)N[C@H]1CSSC[C@@H](C(=O)N[C@H](C(=O)O)[C@@H](C)O)NC(=O)[C@H]([C@@H](C)O)NC(=O)[C@H](CCCCNC(=O)OC(C)(C)C)NC(=O)[C@@H](CC2=CCc3ccccc32)NC(=O)[C@H](Cc2ccc(O)cc2)CC1=O. The van der Waals surface area contributed by atoms with Gasteiger partial charge in [-0.3, -0.25) is 33.6 Å². The first-order chi connectivity index (χ1) is 40.3. The molecule has 3 aromatic rings. The van der Waals surface area contributed by atoms with Gasteiger partial charge in [0.05, 0.1) is 18.2 Å². The summed E-state index contributed by atoms with van der Waals surface area (Å²) in [6.07, 6.45) is -2.07. The first-order valence-electron chi connectivity index (χ1n) is 28.1. The lowest BCUT2D eigenvalue weighted by Crippen LogP contribution is -2.62. The number of fused-ring (bicyclic) bond motifs is 1. The Morgan fingerprint density at radius 2 is 1.40 bits per heavy atom. The molecule has 24 nitrogen and oxygen atoms in total. The molecule has 0 saturated carbocycles. The molecular formula is C59H79N9O15S2. The maximum absolute atomic E-state index is 15.1. The topological polar surface area (TPSA) is 369 Å². The largest absolute Gasteiger partial charge is 0.508 e. The van der Waals surface area contributed by atoms with Gasteiger partial charge in [-0.15, -0.1) is 0 Å². The van der Waals surface area contributed by atoms with Gasteiger partial charge in [0, 0.05) is 49.8 Å². The van der Waals surface area contributed by atoms with Crippen LogP contribution < -0.4 is 47.9 Å². The number of allylic oxidation sites excluding steroid dienone is 1. The fourth-order valence-electron chi connectivity index (χ4n) is 9.24. The number of ketones is 1. The molecule has 0 radical (unpaired) electrons. The Bertz CT molecular complexity index is 2850. The van der Waals surface area contributed by atoms with Gasteiger partial charge in [0.2, 0.25) is 35.4 Å². The van der Waals surface area contributed by atoms with E-state index in [0.29, 0.717) is 23.1 Å². The second-order valence-corrected chi connectivity index (χ2v) is 24.4. The fourth-order valence-corrected chi connectivity index (χ4v) is 11.6. The van der Waals surface area contributed by atoms with Crippen molar-refractivity contribution in [3.8, 4) is 5.75 Å². The number of hydrogen-bond donors (Lipinski definition) is 13. The molecule has 1 aliphatic heterocycles. The number of carbonyl (C=O) groups excluding carboxylic acids is 9. The highest BCUT2D eigenvalue weighted by Crippen LogP contribution is 2.31. The summed E-state index contributed by atoms with van der Waals surface area (Å²) >= 11 is 0. The molecule has 9 amide bonds. The number of carboxylic acids is 1. The quantitative estimate of drug-likeness (QED) is 0.0570. The number of unbranched alkanes of at least 4 members (excludes halogenated alkanes) is 1. The second-order valence-electron chi connectivity index (χ2n) is 21.8. The molecule has 10 atom stereocenters. The Balaban J connectivity index is 1.61. The summed E-state index contributed by atoms with van der Waals surface area (Å²) in [4.78, 5) is 140. The van der Waals surface area contributed by atoms with Crippen molar-refractivity contribution in [2.45, 2.75) is 153 Å². The number of aliphatic carboxylic acids is 1. The number of rotatable bonds is 20. The van der Waals surface area contributed by atoms with E-state index in [1.807, 2.05) is 30.3 Å². The van der Waals surface area contributed by atoms with Crippen LogP contribution in [-0.4, -0.2) is 164 Å². The predicted molar refractivity (Wildman–Crippen MR) is 319 cm³/mol. The van der Waals surface area contributed by atoms with Crippen LogP contribution in [0.3, 0.4) is 0 Å². The molecule has 3 aromatic carbocycles. The molecule has 1 heterocycles. The van der Waals surface area contributed by atoms with E-state index in [-0.39, 0.29) is 68.9 Å². The van der Waals surface area contributed by atoms with Crippen molar-refractivity contribution in [1.29, 1.82) is 0 Å². The molecular weight excluding hydrogens is 1140 g/mol. The number of aliphatic hydroxyl groups is 2. The van der Waals surface area contributed by atoms with Crippen LogP contribution in [0.2, 0.25) is 0 Å². The third kappa shape index (κ3) is 22.4. The molecule has 1 saturated heterocycles. The van der Waals surface area contributed by atoms with E-state index in [1.165, 1.54) is 19.1 Å². The number of urea groups is 1. The molecule has 0 bridgehead atoms. The van der Waals surface area contributed by atoms with Gasteiger partial charge in [-0.2, -0.15) is 0 Å². The van der Waals surface area contributed by atoms with Crippen LogP contribution in [0.1, 0.15) is 95.9 Å². The molecule has 0 aromatic heterocycles. The van der Waals surface area contributed by atoms with Crippen molar-refractivity contribution in [2.24, 2.45) is 5.92 Å². The third-order valence-corrected chi connectivity index (χ3v) is 16.1. The number of ether oxygens (including phenoxy) is 1. The van der Waals surface area contributed by atoms with Crippen molar-refractivity contribution in [1.82, 2.24) is 47.9 Å². The van der Waals surface area contributed by atoms with Crippen LogP contribution in [0.15, 0.2) is 84.9 Å². The second kappa shape index (κ2) is 33.1. The average molecular weight is 1220 g/mol. The summed E-state index contributed by atoms with van der Waals surface area (Å²) in [5, 5.41) is 64.9. The number of phenols is 1. The van der Waals surface area contributed by atoms with Gasteiger partial charge >= 0.3 is 18.1 Å². The molecule has 26 heteroatoms. The van der Waals surface area contributed by atoms with E-state index in [1.54, 1.807) is 70.2 Å². The maximum Gasteiger partial charge on any atom is 0.407 e. The number of hydrogen-bond acceptors (Lipinski definition) is 16. The normalized spacial score (nSPS) is 21.5. The number of phenolic OH excluding ortho intramolecular Hbond substituents is 1. The van der Waals surface area contributed by atoms with Crippen LogP contribution >= 0.6 is 21.6 Å². The van der Waals surface area contributed by atoms with E-state index in [0.717, 1.165) is 39.6 Å². The van der Waals surface area contributed by atoms with Crippen LogP contribution in [-0.2, 0) is 62.4 Å². The molecule has 0 spiro atoms. The van der Waals surface area contributed by atoms with E-state index in [2.05, 4.69) is 47.9 Å². The minimum atomic E-state index is -1.86. The molecule has 5 rings (SSSR count). The van der Waals surface area contributed by atoms with E-state index in [4.69, 9.17) is 4.74 Å². The van der Waals surface area contributed by atoms with E-state index < -0.39 is 132 Å². The van der Waals surface area contributed by atoms with Crippen LogP contribution in [0, 0.1) is 5.92 Å². The average Bonchev–Trinajstić information content (AvgIpc) is 3.67. The Morgan fingerprint density at radius 1 is 0.741 bits per heavy atom. The van der Waals surface area contributed by atoms with E-state index in [9.17, 15) is 54.0 Å². The highest BCUT2D eigenvalue weighted by molar-refractivity contribution is 8.76. The Hall–Kier alpha value is -7.68. The predicted octanol–water partition coefficient (Wildman–Crippen LogP) is 2.32. The number of amides is 9. The number of Topliss-reactive ketones (excluding diaryl/α,β-unsaturated/α-hetero) is 1. The molecule has 2 aliphatic rings. The first kappa shape index (κ1) is 68.1. The Morgan fingerprint density at radius 3 is 2.06 bits per heavy atom. The number of carboxylic acid groups (broad SMARTS) is 1. The number of alkyl carbamates (subject to hydrolysis) is 1. The summed E-state index contributed by atoms with van der Waals surface area (Å²) in [5.41, 5.74) is 2.82. The van der Waals surface area contributed by atoms with Crippen LogP contribution in [0.4, 0.5) is 9.59 Å². The first-order valence-corrected chi connectivity index (χ1v) is 30.6. The fraction of sp³-hybridized carbons (Fsp3) is 0.492. The molecule has 1 fully saturated rings. The zero-order valence-corrected chi connectivity index (χ0v) is 50.1. The highest BCUT2D eigenvalue weighted by atomic mass is 33.1. The summed E-state index contributed by atoms with van der Waals surface area (Å²) in [7, 11) is 1.84. The van der Waals surface area contributed by atoms with Crippen molar-refractivity contribution in [2.75, 3.05) is 24.6 Å². The van der Waals surface area contributed by atoms with Crippen molar-refractivity contribution in [3.63, 3.8) is 0 Å². The van der Waals surface area contributed by atoms with Gasteiger partial charge in [-0.25, -0.2) is 14.4 Å². The van der Waals surface area contributed by atoms with E-state index >= 15 is 14.4 Å². The summed E-state index contributed by atoms with van der Waals surface area (Å²) in [6, 6.07) is 10.5. The zero-order chi connectivity index (χ0) is 62.4. The van der Waals surface area contributed by atoms with Gasteiger partial charge in [0.25, 0.3) is 0 Å². The summed E-state index contributed by atoms with van der Waals surface area (Å²) in [6.45, 7) is 9.39. The lowest BCUT2D eigenvalue weighted by atomic mass is 9.90. The van der Waals surface area contributed by atoms with Gasteiger partial charge in [0.15, 0.2) is 11.8 Å². The highest BCUT2D eigenvalue weighted by Gasteiger charge is 2.38. The standard InChI is InChI=1S/C59H79N9O15S2/c1-7-60-57(81)66-43(28-35-15-9-8-10-16-35)52(75)64-45-31-84-85-32-46(54(77)68-49(34(3)70)56(79)80)65-55(78)48(33(2)69)67-51(74)42(19-13-14-26-61-58(82)83-59(4,5)6)62-53(76)44(29-38-23-22-37-17-11-12-18-41(37)38)63-50(73)39(30-47(45)72)27-36-20-24-40(71)25-21-36/h8-12,15-18,20-21,23-25,33-34,39,42-46,48-49,69-71H,7,13-14,19,22,26-32H2,1-6H3,(H,61,82)(H,62,76)(H,63,73)(H,64,75)(H,65,78)(H,67,74)(H,68,77)(H,79,80)(H2,60,66,81)/t33-,34-,39-,42+,43-,44-,45+,46+,48+,49+/m1/s1. The van der Waals surface area contributed by atoms with Crippen LogP contribution in [0.5, 0.6) is 5.75 Å². The minimum Gasteiger partial charge on any atom is -0.508 e. The lowest BCUT2D eigenvalue weighted by Gasteiger charge is -2.29. The van der Waals surface area contributed by atoms with Gasteiger partial charge in [-0.1, -0.05) is 94.4 Å². The summed E-state index contributed by atoms with van der Waals surface area (Å²) < 4.78 is 5.33. The molecule has 462 valence electrons. The van der Waals surface area contributed by atoms with Gasteiger partial charge in [-0.05, 0) is 114 Å². The van der Waals surface area contributed by atoms with Crippen LogP contribution in [0.25, 0.3) is 5.57 Å².